The van der Waals surface area contributed by atoms with Crippen LogP contribution in [0.4, 0.5) is 0 Å². The van der Waals surface area contributed by atoms with E-state index < -0.39 is 0 Å². The van der Waals surface area contributed by atoms with Crippen molar-refractivity contribution in [3.63, 3.8) is 0 Å². The molecule has 2 N–H and O–H groups in total. The lowest BCUT2D eigenvalue weighted by atomic mass is 10.2. The summed E-state index contributed by atoms with van der Waals surface area (Å²) >= 11 is 0. The second-order valence-electron chi connectivity index (χ2n) is 2.56. The number of hydrogen-bond donors (Lipinski definition) is 1. The lowest BCUT2D eigenvalue weighted by Gasteiger charge is -1.91. The van der Waals surface area contributed by atoms with Gasteiger partial charge >= 0.3 is 0 Å². The molecule has 0 aromatic carbocycles. The van der Waals surface area contributed by atoms with Crippen LogP contribution in [0.15, 0.2) is 11.6 Å². The van der Waals surface area contributed by atoms with Crippen LogP contribution in [0.2, 0.25) is 0 Å². The molecule has 0 spiro atoms. The van der Waals surface area contributed by atoms with E-state index in [1.807, 2.05) is 6.92 Å². The molecule has 0 aliphatic heterocycles. The smallest absolute Gasteiger partial charge is 0.241 e. The maximum atomic E-state index is 10.3. The monoisotopic (exact) mass is 125 g/mol. The lowest BCUT2D eigenvalue weighted by molar-refractivity contribution is -0.113. The minimum Gasteiger partial charge on any atom is -0.366 e. The topological polar surface area (TPSA) is 43.1 Å². The van der Waals surface area contributed by atoms with E-state index in [9.17, 15) is 4.79 Å². The summed E-state index contributed by atoms with van der Waals surface area (Å²) < 4.78 is 0. The van der Waals surface area contributed by atoms with Gasteiger partial charge in [-0.2, -0.15) is 0 Å². The van der Waals surface area contributed by atoms with E-state index >= 15 is 0 Å². The summed E-state index contributed by atoms with van der Waals surface area (Å²) in [5.41, 5.74) is 6.08. The molecule has 9 heavy (non-hydrogen) atoms. The van der Waals surface area contributed by atoms with Gasteiger partial charge in [0.15, 0.2) is 0 Å². The molecule has 0 aromatic heterocycles. The quantitative estimate of drug-likeness (QED) is 0.546. The number of allylic oxidation sites excluding steroid dienone is 1. The van der Waals surface area contributed by atoms with Crippen LogP contribution >= 0.6 is 0 Å². The molecular formula is C7H11NO. The van der Waals surface area contributed by atoms with Crippen molar-refractivity contribution in [2.75, 3.05) is 0 Å². The van der Waals surface area contributed by atoms with E-state index in [1.165, 1.54) is 18.9 Å². The zero-order valence-corrected chi connectivity index (χ0v) is 5.55. The minimum absolute atomic E-state index is 0.320. The number of hydrogen-bond acceptors (Lipinski definition) is 1. The van der Waals surface area contributed by atoms with Crippen molar-refractivity contribution in [2.45, 2.75) is 19.8 Å². The van der Waals surface area contributed by atoms with Crippen molar-refractivity contribution >= 4 is 5.91 Å². The summed E-state index contributed by atoms with van der Waals surface area (Å²) in [7, 11) is 0. The highest BCUT2D eigenvalue weighted by Gasteiger charge is 2.22. The van der Waals surface area contributed by atoms with Crippen LogP contribution in [0, 0.1) is 5.92 Å². The molecule has 1 fully saturated rings. The Morgan fingerprint density at radius 3 is 2.56 bits per heavy atom. The van der Waals surface area contributed by atoms with Gasteiger partial charge in [0.2, 0.25) is 5.91 Å². The zero-order chi connectivity index (χ0) is 6.85. The first kappa shape index (κ1) is 6.33. The Morgan fingerprint density at radius 2 is 2.22 bits per heavy atom. The van der Waals surface area contributed by atoms with Crippen molar-refractivity contribution < 1.29 is 4.79 Å². The second-order valence-corrected chi connectivity index (χ2v) is 2.56. The first-order valence-corrected chi connectivity index (χ1v) is 3.18. The van der Waals surface area contributed by atoms with Gasteiger partial charge in [0.25, 0.3) is 0 Å². The molecule has 0 radical (unpaired) electrons. The van der Waals surface area contributed by atoms with Gasteiger partial charge in [0.1, 0.15) is 0 Å². The molecule has 2 nitrogen and oxygen atoms in total. The van der Waals surface area contributed by atoms with E-state index in [2.05, 4.69) is 0 Å². The Morgan fingerprint density at radius 1 is 1.67 bits per heavy atom. The highest BCUT2D eigenvalue weighted by molar-refractivity contribution is 5.86. The highest BCUT2D eigenvalue weighted by atomic mass is 16.1. The zero-order valence-electron chi connectivity index (χ0n) is 5.55. The number of nitrogens with two attached hydrogens (primary N) is 1. The molecule has 2 heteroatoms. The molecule has 0 unspecified atom stereocenters. The van der Waals surface area contributed by atoms with Crippen molar-refractivity contribution in [1.82, 2.24) is 0 Å². The van der Waals surface area contributed by atoms with Gasteiger partial charge in [-0.05, 0) is 25.7 Å². The van der Waals surface area contributed by atoms with Crippen molar-refractivity contribution in [2.24, 2.45) is 11.7 Å². The maximum absolute atomic E-state index is 10.3. The molecule has 0 bridgehead atoms. The molecule has 1 rings (SSSR count). The Labute approximate surface area is 54.7 Å². The van der Waals surface area contributed by atoms with E-state index in [0.717, 1.165) is 5.57 Å². The first-order chi connectivity index (χ1) is 4.20. The van der Waals surface area contributed by atoms with Gasteiger partial charge < -0.3 is 5.73 Å². The van der Waals surface area contributed by atoms with Crippen LogP contribution < -0.4 is 5.73 Å². The number of carbonyl (C=O) groups excluding carboxylic acids is 1. The average Bonchev–Trinajstić information content (AvgIpc) is 2.40. The molecule has 1 amide bonds. The van der Waals surface area contributed by atoms with Crippen LogP contribution in [0.5, 0.6) is 0 Å². The van der Waals surface area contributed by atoms with Crippen LogP contribution in [0.3, 0.4) is 0 Å². The highest BCUT2D eigenvalue weighted by Crippen LogP contribution is 2.35. The summed E-state index contributed by atoms with van der Waals surface area (Å²) in [4.78, 5) is 10.3. The Kier molecular flexibility index (Phi) is 1.56. The number of carbonyl (C=O) groups is 1. The summed E-state index contributed by atoms with van der Waals surface area (Å²) in [6.45, 7) is 1.96. The van der Waals surface area contributed by atoms with Crippen LogP contribution in [-0.2, 0) is 4.79 Å². The fourth-order valence-corrected chi connectivity index (χ4v) is 0.881. The fraction of sp³-hybridized carbons (Fsp3) is 0.571. The summed E-state index contributed by atoms with van der Waals surface area (Å²) in [6, 6.07) is 0. The summed E-state index contributed by atoms with van der Waals surface area (Å²) in [6.07, 6.45) is 3.99. The average molecular weight is 125 g/mol. The maximum Gasteiger partial charge on any atom is 0.241 e. The van der Waals surface area contributed by atoms with E-state index in [1.54, 1.807) is 0 Å². The normalized spacial score (nSPS) is 19.9. The first-order valence-electron chi connectivity index (χ1n) is 3.18. The van der Waals surface area contributed by atoms with E-state index in [0.29, 0.717) is 5.92 Å². The van der Waals surface area contributed by atoms with Gasteiger partial charge in [-0.15, -0.1) is 0 Å². The summed E-state index contributed by atoms with van der Waals surface area (Å²) in [5, 5.41) is 0. The van der Waals surface area contributed by atoms with Gasteiger partial charge in [-0.1, -0.05) is 5.57 Å². The summed E-state index contributed by atoms with van der Waals surface area (Å²) in [5.74, 6) is 0.344. The second kappa shape index (κ2) is 2.21. The predicted molar refractivity (Wildman–Crippen MR) is 35.7 cm³/mol. The minimum atomic E-state index is -0.320. The standard InChI is InChI=1S/C7H11NO/c1-5(4-7(8)9)6-2-3-6/h4,6H,2-3H2,1H3,(H2,8,9)/b5-4+. The lowest BCUT2D eigenvalue weighted by Crippen LogP contribution is -2.06. The van der Waals surface area contributed by atoms with Crippen molar-refractivity contribution in [3.05, 3.63) is 11.6 Å². The number of primary amides is 1. The molecule has 0 heterocycles. The molecule has 0 saturated heterocycles. The van der Waals surface area contributed by atoms with Crippen LogP contribution in [-0.4, -0.2) is 5.91 Å². The number of amides is 1. The number of rotatable bonds is 2. The van der Waals surface area contributed by atoms with Crippen molar-refractivity contribution in [3.8, 4) is 0 Å². The molecular weight excluding hydrogens is 114 g/mol. The largest absolute Gasteiger partial charge is 0.366 e. The third-order valence-corrected chi connectivity index (χ3v) is 1.59. The van der Waals surface area contributed by atoms with Gasteiger partial charge in [-0.3, -0.25) is 4.79 Å². The SMILES string of the molecule is C/C(=C\C(N)=O)C1CC1. The van der Waals surface area contributed by atoms with Gasteiger partial charge in [0, 0.05) is 6.08 Å². The Bertz CT molecular complexity index is 156. The van der Waals surface area contributed by atoms with Gasteiger partial charge in [0.05, 0.1) is 0 Å². The van der Waals surface area contributed by atoms with E-state index in [4.69, 9.17) is 5.73 Å². The van der Waals surface area contributed by atoms with Crippen molar-refractivity contribution in [1.29, 1.82) is 0 Å². The molecule has 1 saturated carbocycles. The molecule has 0 aromatic rings. The Balaban J connectivity index is 2.47. The van der Waals surface area contributed by atoms with Crippen LogP contribution in [0.25, 0.3) is 0 Å². The predicted octanol–water partition coefficient (Wildman–Crippen LogP) is 0.828. The molecule has 50 valence electrons. The Hall–Kier alpha value is -0.790. The third kappa shape index (κ3) is 1.88. The van der Waals surface area contributed by atoms with Crippen LogP contribution in [0.1, 0.15) is 19.8 Å². The third-order valence-electron chi connectivity index (χ3n) is 1.59. The molecule has 1 aliphatic rings. The van der Waals surface area contributed by atoms with Gasteiger partial charge in [-0.25, -0.2) is 0 Å². The van der Waals surface area contributed by atoms with E-state index in [-0.39, 0.29) is 5.91 Å². The molecule has 1 aliphatic carbocycles. The molecule has 0 atom stereocenters. The fourth-order valence-electron chi connectivity index (χ4n) is 0.881.